The maximum absolute atomic E-state index is 12.0. The highest BCUT2D eigenvalue weighted by Crippen LogP contribution is 2.26. The second kappa shape index (κ2) is 4.47. The summed E-state index contributed by atoms with van der Waals surface area (Å²) < 4.78 is 35.9. The molecular weight excluding hydrogens is 219 g/mol. The van der Waals surface area contributed by atoms with Crippen LogP contribution in [0.25, 0.3) is 5.70 Å². The van der Waals surface area contributed by atoms with Gasteiger partial charge in [-0.05, 0) is 18.6 Å². The quantitative estimate of drug-likeness (QED) is 0.838. The molecule has 0 aliphatic rings. The number of alkyl halides is 3. The Kier molecular flexibility index (Phi) is 3.47. The van der Waals surface area contributed by atoms with Crippen molar-refractivity contribution >= 4 is 5.70 Å². The third kappa shape index (κ3) is 3.18. The van der Waals surface area contributed by atoms with Gasteiger partial charge in [0, 0.05) is 11.3 Å². The van der Waals surface area contributed by atoms with E-state index < -0.39 is 12.7 Å². The van der Waals surface area contributed by atoms with E-state index in [0.29, 0.717) is 11.1 Å². The van der Waals surface area contributed by atoms with Gasteiger partial charge < -0.3 is 10.4 Å². The first-order valence-corrected chi connectivity index (χ1v) is 4.60. The van der Waals surface area contributed by atoms with Crippen LogP contribution in [0.5, 0.6) is 5.75 Å². The summed E-state index contributed by atoms with van der Waals surface area (Å²) in [7, 11) is 0. The molecule has 0 heterocycles. The Morgan fingerprint density at radius 2 is 2.06 bits per heavy atom. The molecule has 0 saturated heterocycles. The average molecular weight is 231 g/mol. The second-order valence-corrected chi connectivity index (χ2v) is 3.42. The topological polar surface area (TPSA) is 32.3 Å². The fraction of sp³-hybridized carbons (Fsp3) is 0.273. The molecule has 16 heavy (non-hydrogen) atoms. The van der Waals surface area contributed by atoms with E-state index in [0.717, 1.165) is 0 Å². The number of rotatable bonds is 3. The molecule has 0 aromatic heterocycles. The Labute approximate surface area is 91.4 Å². The normalized spacial score (nSPS) is 11.2. The largest absolute Gasteiger partial charge is 0.507 e. The van der Waals surface area contributed by atoms with Gasteiger partial charge in [0.25, 0.3) is 0 Å². The van der Waals surface area contributed by atoms with Crippen molar-refractivity contribution in [3.8, 4) is 5.75 Å². The zero-order valence-corrected chi connectivity index (χ0v) is 8.73. The average Bonchev–Trinajstić information content (AvgIpc) is 2.13. The van der Waals surface area contributed by atoms with Crippen LogP contribution in [0.15, 0.2) is 24.8 Å². The van der Waals surface area contributed by atoms with Crippen molar-refractivity contribution < 1.29 is 18.3 Å². The van der Waals surface area contributed by atoms with Gasteiger partial charge >= 0.3 is 6.18 Å². The van der Waals surface area contributed by atoms with Gasteiger partial charge in [0.05, 0.1) is 0 Å². The van der Waals surface area contributed by atoms with Crippen molar-refractivity contribution in [1.29, 1.82) is 0 Å². The maximum Gasteiger partial charge on any atom is 0.405 e. The predicted molar refractivity (Wildman–Crippen MR) is 55.9 cm³/mol. The molecule has 0 amide bonds. The summed E-state index contributed by atoms with van der Waals surface area (Å²) in [5.41, 5.74) is 1.04. The first-order chi connectivity index (χ1) is 7.31. The molecule has 1 aromatic rings. The summed E-state index contributed by atoms with van der Waals surface area (Å²) in [5, 5.41) is 11.7. The Hall–Kier alpha value is -1.65. The van der Waals surface area contributed by atoms with Crippen molar-refractivity contribution in [3.63, 3.8) is 0 Å². The van der Waals surface area contributed by atoms with E-state index >= 15 is 0 Å². The minimum atomic E-state index is -4.30. The molecule has 0 atom stereocenters. The van der Waals surface area contributed by atoms with Gasteiger partial charge in [-0.1, -0.05) is 18.7 Å². The lowest BCUT2D eigenvalue weighted by Gasteiger charge is -2.14. The van der Waals surface area contributed by atoms with Gasteiger partial charge in [0.2, 0.25) is 0 Å². The summed E-state index contributed by atoms with van der Waals surface area (Å²) in [6.45, 7) is 4.00. The minimum Gasteiger partial charge on any atom is -0.507 e. The first-order valence-electron chi connectivity index (χ1n) is 4.60. The zero-order valence-electron chi connectivity index (χ0n) is 8.73. The molecule has 0 fully saturated rings. The summed E-state index contributed by atoms with van der Waals surface area (Å²) in [4.78, 5) is 0. The molecule has 0 spiro atoms. The summed E-state index contributed by atoms with van der Waals surface area (Å²) >= 11 is 0. The number of aromatic hydroxyl groups is 1. The third-order valence-electron chi connectivity index (χ3n) is 2.05. The number of benzene rings is 1. The van der Waals surface area contributed by atoms with Crippen molar-refractivity contribution in [2.75, 3.05) is 6.54 Å². The van der Waals surface area contributed by atoms with Crippen LogP contribution in [0.3, 0.4) is 0 Å². The highest BCUT2D eigenvalue weighted by atomic mass is 19.4. The van der Waals surface area contributed by atoms with Crippen LogP contribution in [0.2, 0.25) is 0 Å². The van der Waals surface area contributed by atoms with E-state index in [9.17, 15) is 18.3 Å². The smallest absolute Gasteiger partial charge is 0.405 e. The molecule has 1 aromatic carbocycles. The monoisotopic (exact) mass is 231 g/mol. The van der Waals surface area contributed by atoms with Gasteiger partial charge in [-0.3, -0.25) is 0 Å². The first kappa shape index (κ1) is 12.4. The number of phenols is 1. The van der Waals surface area contributed by atoms with Gasteiger partial charge in [-0.15, -0.1) is 0 Å². The van der Waals surface area contributed by atoms with Crippen molar-refractivity contribution in [3.05, 3.63) is 35.9 Å². The van der Waals surface area contributed by atoms with Crippen molar-refractivity contribution in [1.82, 2.24) is 5.32 Å². The molecule has 5 heteroatoms. The fourth-order valence-corrected chi connectivity index (χ4v) is 1.34. The number of aryl methyl sites for hydroxylation is 1. The van der Waals surface area contributed by atoms with Gasteiger partial charge in [0.1, 0.15) is 12.3 Å². The van der Waals surface area contributed by atoms with Crippen LogP contribution in [0.1, 0.15) is 11.1 Å². The number of phenolic OH excluding ortho intramolecular Hbond substituents is 1. The molecule has 0 saturated carbocycles. The van der Waals surface area contributed by atoms with Crippen molar-refractivity contribution in [2.24, 2.45) is 0 Å². The summed E-state index contributed by atoms with van der Waals surface area (Å²) in [6.07, 6.45) is -4.30. The molecule has 2 N–H and O–H groups in total. The zero-order chi connectivity index (χ0) is 12.3. The lowest BCUT2D eigenvalue weighted by molar-refractivity contribution is -0.122. The number of nitrogens with one attached hydrogen (secondary N) is 1. The summed E-state index contributed by atoms with van der Waals surface area (Å²) in [5.74, 6) is -0.0836. The Balaban J connectivity index is 2.81. The SMILES string of the molecule is C=C(NCC(F)(F)F)c1c(C)cccc1O. The van der Waals surface area contributed by atoms with E-state index in [1.807, 2.05) is 0 Å². The predicted octanol–water partition coefficient (Wildman–Crippen LogP) is 2.82. The molecular formula is C11H12F3NO. The third-order valence-corrected chi connectivity index (χ3v) is 2.05. The van der Waals surface area contributed by atoms with E-state index in [4.69, 9.17) is 0 Å². The van der Waals surface area contributed by atoms with E-state index in [2.05, 4.69) is 11.9 Å². The molecule has 0 unspecified atom stereocenters. The standard InChI is InChI=1S/C11H12F3NO/c1-7-4-3-5-9(16)10(7)8(2)15-6-11(12,13)14/h3-5,15-16H,2,6H2,1H3. The number of hydrogen-bond acceptors (Lipinski definition) is 2. The maximum atomic E-state index is 12.0. The minimum absolute atomic E-state index is 0.0629. The van der Waals surface area contributed by atoms with Gasteiger partial charge in [-0.2, -0.15) is 13.2 Å². The fourth-order valence-electron chi connectivity index (χ4n) is 1.34. The van der Waals surface area contributed by atoms with E-state index in [1.54, 1.807) is 19.1 Å². The van der Waals surface area contributed by atoms with Crippen LogP contribution >= 0.6 is 0 Å². The molecule has 0 aliphatic carbocycles. The Morgan fingerprint density at radius 1 is 1.44 bits per heavy atom. The van der Waals surface area contributed by atoms with Crippen LogP contribution in [-0.4, -0.2) is 17.8 Å². The Bertz CT molecular complexity index is 378. The van der Waals surface area contributed by atoms with E-state index in [-0.39, 0.29) is 11.4 Å². The highest BCUT2D eigenvalue weighted by Gasteiger charge is 2.27. The van der Waals surface area contributed by atoms with Crippen LogP contribution in [0.4, 0.5) is 13.2 Å². The van der Waals surface area contributed by atoms with Gasteiger partial charge in [-0.25, -0.2) is 0 Å². The van der Waals surface area contributed by atoms with Gasteiger partial charge in [0.15, 0.2) is 0 Å². The number of hydrogen-bond donors (Lipinski definition) is 2. The second-order valence-electron chi connectivity index (χ2n) is 3.42. The number of halogens is 3. The Morgan fingerprint density at radius 3 is 2.56 bits per heavy atom. The molecule has 88 valence electrons. The molecule has 0 bridgehead atoms. The summed E-state index contributed by atoms with van der Waals surface area (Å²) in [6, 6.07) is 4.71. The molecule has 1 rings (SSSR count). The van der Waals surface area contributed by atoms with Crippen LogP contribution in [-0.2, 0) is 0 Å². The van der Waals surface area contributed by atoms with Crippen LogP contribution < -0.4 is 5.32 Å². The molecule has 0 radical (unpaired) electrons. The lowest BCUT2D eigenvalue weighted by Crippen LogP contribution is -2.27. The molecule has 2 nitrogen and oxygen atoms in total. The van der Waals surface area contributed by atoms with Crippen LogP contribution in [0, 0.1) is 6.92 Å². The highest BCUT2D eigenvalue weighted by molar-refractivity contribution is 5.69. The van der Waals surface area contributed by atoms with E-state index in [1.165, 1.54) is 6.07 Å². The molecule has 0 aliphatic heterocycles. The lowest BCUT2D eigenvalue weighted by atomic mass is 10.1. The van der Waals surface area contributed by atoms with Crippen molar-refractivity contribution in [2.45, 2.75) is 13.1 Å².